The highest BCUT2D eigenvalue weighted by molar-refractivity contribution is 6.32. The van der Waals surface area contributed by atoms with E-state index < -0.39 is 0 Å². The zero-order valence-electron chi connectivity index (χ0n) is 8.92. The Labute approximate surface area is 94.6 Å². The number of hydrogen-bond acceptors (Lipinski definition) is 3. The van der Waals surface area contributed by atoms with Crippen molar-refractivity contribution in [3.8, 4) is 11.5 Å². The molecule has 0 amide bonds. The van der Waals surface area contributed by atoms with Crippen LogP contribution >= 0.6 is 11.6 Å². The summed E-state index contributed by atoms with van der Waals surface area (Å²) in [5, 5.41) is 9.27. The zero-order chi connectivity index (χ0) is 11.3. The SMILES string of the molecule is COc1cc(CCCO)cc(Cl)c1OC. The van der Waals surface area contributed by atoms with Crippen molar-refractivity contribution in [2.75, 3.05) is 20.8 Å². The summed E-state index contributed by atoms with van der Waals surface area (Å²) in [6.07, 6.45) is 1.49. The van der Waals surface area contributed by atoms with Gasteiger partial charge in [0.25, 0.3) is 0 Å². The Morgan fingerprint density at radius 3 is 2.53 bits per heavy atom. The Morgan fingerprint density at radius 2 is 2.00 bits per heavy atom. The fourth-order valence-corrected chi connectivity index (χ4v) is 1.71. The van der Waals surface area contributed by atoms with Crippen LogP contribution in [0.1, 0.15) is 12.0 Å². The maximum absolute atomic E-state index is 8.74. The molecule has 1 N–H and O–H groups in total. The minimum absolute atomic E-state index is 0.173. The normalized spacial score (nSPS) is 10.1. The molecule has 84 valence electrons. The van der Waals surface area contributed by atoms with Gasteiger partial charge < -0.3 is 14.6 Å². The molecule has 4 heteroatoms. The number of aliphatic hydroxyl groups excluding tert-OH is 1. The topological polar surface area (TPSA) is 38.7 Å². The predicted octanol–water partition coefficient (Wildman–Crippen LogP) is 2.28. The lowest BCUT2D eigenvalue weighted by atomic mass is 10.1. The highest BCUT2D eigenvalue weighted by atomic mass is 35.5. The second-order valence-corrected chi connectivity index (χ2v) is 3.55. The Bertz CT molecular complexity index is 326. The van der Waals surface area contributed by atoms with Gasteiger partial charge in [-0.25, -0.2) is 0 Å². The standard InChI is InChI=1S/C11H15ClO3/c1-14-10-7-8(4-3-5-13)6-9(12)11(10)15-2/h6-7,13H,3-5H2,1-2H3. The van der Waals surface area contributed by atoms with Gasteiger partial charge in [0.05, 0.1) is 19.2 Å². The summed E-state index contributed by atoms with van der Waals surface area (Å²) in [4.78, 5) is 0. The van der Waals surface area contributed by atoms with Crippen molar-refractivity contribution in [1.82, 2.24) is 0 Å². The van der Waals surface area contributed by atoms with Crippen LogP contribution in [0.5, 0.6) is 11.5 Å². The molecule has 15 heavy (non-hydrogen) atoms. The van der Waals surface area contributed by atoms with Gasteiger partial charge in [-0.05, 0) is 30.5 Å². The van der Waals surface area contributed by atoms with Crippen LogP contribution in [0.25, 0.3) is 0 Å². The van der Waals surface area contributed by atoms with Crippen LogP contribution in [-0.2, 0) is 6.42 Å². The number of rotatable bonds is 5. The van der Waals surface area contributed by atoms with E-state index in [1.54, 1.807) is 14.2 Å². The van der Waals surface area contributed by atoms with Crippen molar-refractivity contribution in [2.45, 2.75) is 12.8 Å². The van der Waals surface area contributed by atoms with Gasteiger partial charge in [0.2, 0.25) is 0 Å². The van der Waals surface area contributed by atoms with Crippen LogP contribution in [0.4, 0.5) is 0 Å². The smallest absolute Gasteiger partial charge is 0.179 e. The fraction of sp³-hybridized carbons (Fsp3) is 0.455. The molecule has 0 aromatic heterocycles. The molecular weight excluding hydrogens is 216 g/mol. The van der Waals surface area contributed by atoms with E-state index in [1.165, 1.54) is 0 Å². The lowest BCUT2D eigenvalue weighted by molar-refractivity contribution is 0.288. The summed E-state index contributed by atoms with van der Waals surface area (Å²) in [6, 6.07) is 3.71. The summed E-state index contributed by atoms with van der Waals surface area (Å²) in [7, 11) is 3.13. The summed E-state index contributed by atoms with van der Waals surface area (Å²) >= 11 is 6.02. The molecule has 0 saturated carbocycles. The van der Waals surface area contributed by atoms with Gasteiger partial charge in [-0.15, -0.1) is 0 Å². The van der Waals surface area contributed by atoms with Crippen LogP contribution in [0.2, 0.25) is 5.02 Å². The van der Waals surface area contributed by atoms with Crippen LogP contribution in [0, 0.1) is 0 Å². The quantitative estimate of drug-likeness (QED) is 0.844. The van der Waals surface area contributed by atoms with Crippen molar-refractivity contribution in [3.05, 3.63) is 22.7 Å². The van der Waals surface area contributed by atoms with Gasteiger partial charge in [-0.2, -0.15) is 0 Å². The average Bonchev–Trinajstić information content (AvgIpc) is 2.25. The highest BCUT2D eigenvalue weighted by Gasteiger charge is 2.10. The van der Waals surface area contributed by atoms with E-state index in [9.17, 15) is 0 Å². The monoisotopic (exact) mass is 230 g/mol. The first-order valence-corrected chi connectivity index (χ1v) is 5.12. The van der Waals surface area contributed by atoms with E-state index in [0.717, 1.165) is 12.0 Å². The predicted molar refractivity (Wildman–Crippen MR) is 60.0 cm³/mol. The number of halogens is 1. The van der Waals surface area contributed by atoms with Crippen LogP contribution in [-0.4, -0.2) is 25.9 Å². The Kier molecular flexibility index (Phi) is 4.72. The number of hydrogen-bond donors (Lipinski definition) is 1. The van der Waals surface area contributed by atoms with Crippen LogP contribution < -0.4 is 9.47 Å². The third-order valence-corrected chi connectivity index (χ3v) is 2.40. The van der Waals surface area contributed by atoms with E-state index in [4.69, 9.17) is 26.2 Å². The van der Waals surface area contributed by atoms with Crippen molar-refractivity contribution in [1.29, 1.82) is 0 Å². The van der Waals surface area contributed by atoms with Crippen molar-refractivity contribution in [3.63, 3.8) is 0 Å². The zero-order valence-corrected chi connectivity index (χ0v) is 9.67. The Morgan fingerprint density at radius 1 is 1.27 bits per heavy atom. The van der Waals surface area contributed by atoms with Gasteiger partial charge >= 0.3 is 0 Å². The first-order valence-electron chi connectivity index (χ1n) is 4.74. The van der Waals surface area contributed by atoms with Gasteiger partial charge in [0.15, 0.2) is 11.5 Å². The molecule has 0 spiro atoms. The molecule has 0 atom stereocenters. The van der Waals surface area contributed by atoms with E-state index in [0.29, 0.717) is 22.9 Å². The largest absolute Gasteiger partial charge is 0.493 e. The summed E-state index contributed by atoms with van der Waals surface area (Å²) in [6.45, 7) is 0.173. The minimum atomic E-state index is 0.173. The number of ether oxygens (including phenoxy) is 2. The second-order valence-electron chi connectivity index (χ2n) is 3.14. The number of methoxy groups -OCH3 is 2. The summed E-state index contributed by atoms with van der Waals surface area (Å²) in [5.74, 6) is 1.17. The van der Waals surface area contributed by atoms with Crippen molar-refractivity contribution >= 4 is 11.6 Å². The summed E-state index contributed by atoms with van der Waals surface area (Å²) < 4.78 is 10.3. The third kappa shape index (κ3) is 3.01. The van der Waals surface area contributed by atoms with Gasteiger partial charge in [-0.3, -0.25) is 0 Å². The van der Waals surface area contributed by atoms with Crippen molar-refractivity contribution in [2.24, 2.45) is 0 Å². The van der Waals surface area contributed by atoms with Gasteiger partial charge in [-0.1, -0.05) is 11.6 Å². The lowest BCUT2D eigenvalue weighted by Crippen LogP contribution is -1.95. The van der Waals surface area contributed by atoms with Crippen LogP contribution in [0.3, 0.4) is 0 Å². The van der Waals surface area contributed by atoms with E-state index in [2.05, 4.69) is 0 Å². The van der Waals surface area contributed by atoms with Gasteiger partial charge in [0, 0.05) is 6.61 Å². The molecule has 0 aliphatic heterocycles. The minimum Gasteiger partial charge on any atom is -0.493 e. The third-order valence-electron chi connectivity index (χ3n) is 2.12. The molecule has 0 unspecified atom stereocenters. The molecule has 3 nitrogen and oxygen atoms in total. The molecule has 1 rings (SSSR count). The molecular formula is C11H15ClO3. The molecule has 1 aromatic rings. The highest BCUT2D eigenvalue weighted by Crippen LogP contribution is 2.36. The molecule has 0 fully saturated rings. The Hall–Kier alpha value is -0.930. The number of benzene rings is 1. The second kappa shape index (κ2) is 5.83. The van der Waals surface area contributed by atoms with E-state index >= 15 is 0 Å². The molecule has 0 radical (unpaired) electrons. The Balaban J connectivity index is 2.97. The molecule has 0 saturated heterocycles. The fourth-order valence-electron chi connectivity index (χ4n) is 1.40. The molecule has 1 aromatic carbocycles. The molecule has 0 aliphatic rings. The lowest BCUT2D eigenvalue weighted by Gasteiger charge is -2.11. The first kappa shape index (κ1) is 12.1. The van der Waals surface area contributed by atoms with E-state index in [-0.39, 0.29) is 6.61 Å². The maximum Gasteiger partial charge on any atom is 0.179 e. The molecule has 0 aliphatic carbocycles. The first-order chi connectivity index (χ1) is 7.22. The molecule has 0 bridgehead atoms. The number of aryl methyl sites for hydroxylation is 1. The van der Waals surface area contributed by atoms with Crippen LogP contribution in [0.15, 0.2) is 12.1 Å². The molecule has 0 heterocycles. The van der Waals surface area contributed by atoms with Crippen molar-refractivity contribution < 1.29 is 14.6 Å². The number of aliphatic hydroxyl groups is 1. The van der Waals surface area contributed by atoms with Gasteiger partial charge in [0.1, 0.15) is 0 Å². The maximum atomic E-state index is 8.74. The summed E-state index contributed by atoms with van der Waals surface area (Å²) in [5.41, 5.74) is 1.03. The van der Waals surface area contributed by atoms with E-state index in [1.807, 2.05) is 12.1 Å². The average molecular weight is 231 g/mol.